The van der Waals surface area contributed by atoms with Crippen molar-refractivity contribution in [1.82, 2.24) is 24.7 Å². The molecule has 1 amide bonds. The zero-order valence-electron chi connectivity index (χ0n) is 14.9. The van der Waals surface area contributed by atoms with E-state index in [0.717, 1.165) is 17.2 Å². The lowest BCUT2D eigenvalue weighted by Gasteiger charge is -2.11. The Morgan fingerprint density at radius 1 is 1.03 bits per heavy atom. The Balaban J connectivity index is 2.06. The molecule has 0 aliphatic rings. The number of rotatable bonds is 4. The van der Waals surface area contributed by atoms with Gasteiger partial charge in [0.1, 0.15) is 22.9 Å². The third-order valence-corrected chi connectivity index (χ3v) is 3.96. The van der Waals surface area contributed by atoms with E-state index in [1.807, 2.05) is 0 Å². The molecule has 3 aromatic heterocycles. The SMILES string of the molecule is NC(=O)/C(=C/n1cnc(-c2cc(C(F)(F)F)nc(C(F)(F)F)c2)n1)c1ccc(Cl)nc1. The van der Waals surface area contributed by atoms with Crippen LogP contribution in [0.2, 0.25) is 5.15 Å². The van der Waals surface area contributed by atoms with Gasteiger partial charge < -0.3 is 5.73 Å². The summed E-state index contributed by atoms with van der Waals surface area (Å²) in [4.78, 5) is 21.9. The summed E-state index contributed by atoms with van der Waals surface area (Å²) >= 11 is 5.68. The first-order valence-electron chi connectivity index (χ1n) is 8.06. The van der Waals surface area contributed by atoms with Gasteiger partial charge in [0, 0.05) is 23.5 Å². The number of carbonyl (C=O) groups is 1. The van der Waals surface area contributed by atoms with Crippen LogP contribution >= 0.6 is 11.6 Å². The van der Waals surface area contributed by atoms with Gasteiger partial charge in [-0.25, -0.2) is 19.6 Å². The highest BCUT2D eigenvalue weighted by Gasteiger charge is 2.39. The molecule has 0 radical (unpaired) electrons. The minimum absolute atomic E-state index is 0.109. The van der Waals surface area contributed by atoms with Gasteiger partial charge in [0.15, 0.2) is 5.82 Å². The summed E-state index contributed by atoms with van der Waals surface area (Å²) in [5.74, 6) is -1.36. The van der Waals surface area contributed by atoms with E-state index in [1.54, 1.807) is 0 Å². The zero-order valence-corrected chi connectivity index (χ0v) is 15.7. The lowest BCUT2D eigenvalue weighted by atomic mass is 10.1. The molecule has 14 heteroatoms. The monoisotopic (exact) mass is 462 g/mol. The molecule has 0 saturated carbocycles. The van der Waals surface area contributed by atoms with Crippen LogP contribution in [0.5, 0.6) is 0 Å². The molecule has 3 rings (SSSR count). The Hall–Kier alpha value is -3.48. The van der Waals surface area contributed by atoms with Crippen LogP contribution in [0, 0.1) is 0 Å². The standard InChI is InChI=1S/C17H9ClF6N6O/c18-13-2-1-8(5-26-13)10(14(25)31)6-30-7-27-15(29-30)9-3-11(16(19,20)21)28-12(4-9)17(22,23)24/h1-7H,(H2,25,31)/b10-6+. The van der Waals surface area contributed by atoms with Crippen molar-refractivity contribution in [2.45, 2.75) is 12.4 Å². The molecular weight excluding hydrogens is 454 g/mol. The quantitative estimate of drug-likeness (QED) is 0.360. The number of alkyl halides is 6. The average molecular weight is 463 g/mol. The summed E-state index contributed by atoms with van der Waals surface area (Å²) in [7, 11) is 0. The third kappa shape index (κ3) is 5.17. The lowest BCUT2D eigenvalue weighted by Crippen LogP contribution is -2.15. The van der Waals surface area contributed by atoms with Crippen LogP contribution in [0.15, 0.2) is 36.8 Å². The minimum Gasteiger partial charge on any atom is -0.366 e. The van der Waals surface area contributed by atoms with Crippen molar-refractivity contribution in [2.24, 2.45) is 5.73 Å². The maximum atomic E-state index is 13.0. The van der Waals surface area contributed by atoms with Gasteiger partial charge >= 0.3 is 12.4 Å². The van der Waals surface area contributed by atoms with Crippen LogP contribution < -0.4 is 5.73 Å². The number of pyridine rings is 2. The smallest absolute Gasteiger partial charge is 0.366 e. The molecule has 0 aliphatic heterocycles. The molecule has 3 heterocycles. The van der Waals surface area contributed by atoms with E-state index in [4.69, 9.17) is 17.3 Å². The summed E-state index contributed by atoms with van der Waals surface area (Å²) < 4.78 is 78.8. The number of amides is 1. The predicted molar refractivity (Wildman–Crippen MR) is 95.9 cm³/mol. The van der Waals surface area contributed by atoms with Crippen molar-refractivity contribution >= 4 is 29.3 Å². The van der Waals surface area contributed by atoms with E-state index < -0.39 is 41.0 Å². The molecule has 0 fully saturated rings. The van der Waals surface area contributed by atoms with Crippen molar-refractivity contribution in [3.63, 3.8) is 0 Å². The van der Waals surface area contributed by atoms with E-state index in [0.29, 0.717) is 12.1 Å². The first-order chi connectivity index (χ1) is 14.3. The number of carbonyl (C=O) groups excluding carboxylic acids is 1. The van der Waals surface area contributed by atoms with Gasteiger partial charge in [-0.15, -0.1) is 5.10 Å². The van der Waals surface area contributed by atoms with E-state index in [9.17, 15) is 31.1 Å². The fourth-order valence-corrected chi connectivity index (χ4v) is 2.48. The van der Waals surface area contributed by atoms with Crippen molar-refractivity contribution in [3.8, 4) is 11.4 Å². The first kappa shape index (κ1) is 22.2. The third-order valence-electron chi connectivity index (χ3n) is 3.74. The maximum Gasteiger partial charge on any atom is 0.433 e. The number of hydrogen-bond donors (Lipinski definition) is 1. The second-order valence-corrected chi connectivity index (χ2v) is 6.33. The summed E-state index contributed by atoms with van der Waals surface area (Å²) in [5, 5.41) is 3.95. The van der Waals surface area contributed by atoms with Gasteiger partial charge in [-0.05, 0) is 24.3 Å². The molecule has 31 heavy (non-hydrogen) atoms. The summed E-state index contributed by atoms with van der Waals surface area (Å²) in [6.07, 6.45) is -6.95. The van der Waals surface area contributed by atoms with Crippen molar-refractivity contribution in [2.75, 3.05) is 0 Å². The highest BCUT2D eigenvalue weighted by atomic mass is 35.5. The Kier molecular flexibility index (Phi) is 5.72. The van der Waals surface area contributed by atoms with Gasteiger partial charge in [-0.1, -0.05) is 11.6 Å². The number of nitrogens with two attached hydrogens (primary N) is 1. The Morgan fingerprint density at radius 3 is 2.13 bits per heavy atom. The van der Waals surface area contributed by atoms with Crippen LogP contribution in [-0.4, -0.2) is 30.6 Å². The predicted octanol–water partition coefficient (Wildman–Crippen LogP) is 3.91. The Bertz CT molecular complexity index is 1120. The molecule has 0 aliphatic carbocycles. The summed E-state index contributed by atoms with van der Waals surface area (Å²) in [6, 6.07) is 3.58. The van der Waals surface area contributed by atoms with Crippen molar-refractivity contribution in [3.05, 3.63) is 58.9 Å². The second kappa shape index (κ2) is 7.98. The highest BCUT2D eigenvalue weighted by molar-refractivity contribution is 6.29. The van der Waals surface area contributed by atoms with Crippen LogP contribution in [-0.2, 0) is 17.1 Å². The maximum absolute atomic E-state index is 13.0. The van der Waals surface area contributed by atoms with Crippen LogP contribution in [0.4, 0.5) is 26.3 Å². The van der Waals surface area contributed by atoms with Crippen LogP contribution in [0.3, 0.4) is 0 Å². The van der Waals surface area contributed by atoms with E-state index in [-0.39, 0.29) is 16.3 Å². The van der Waals surface area contributed by atoms with Gasteiger partial charge in [-0.3, -0.25) is 4.79 Å². The van der Waals surface area contributed by atoms with Crippen molar-refractivity contribution < 1.29 is 31.1 Å². The van der Waals surface area contributed by atoms with Gasteiger partial charge in [0.2, 0.25) is 0 Å². The van der Waals surface area contributed by atoms with E-state index in [1.165, 1.54) is 18.3 Å². The molecule has 162 valence electrons. The zero-order chi connectivity index (χ0) is 23.0. The van der Waals surface area contributed by atoms with Gasteiger partial charge in [-0.2, -0.15) is 26.3 Å². The fraction of sp³-hybridized carbons (Fsp3) is 0.118. The largest absolute Gasteiger partial charge is 0.433 e. The number of aromatic nitrogens is 5. The fourth-order valence-electron chi connectivity index (χ4n) is 2.37. The summed E-state index contributed by atoms with van der Waals surface area (Å²) in [6.45, 7) is 0. The number of nitrogens with zero attached hydrogens (tertiary/aromatic N) is 5. The normalized spacial score (nSPS) is 12.8. The molecule has 0 atom stereocenters. The van der Waals surface area contributed by atoms with Gasteiger partial charge in [0.05, 0.1) is 5.57 Å². The molecule has 0 aromatic carbocycles. The van der Waals surface area contributed by atoms with Crippen LogP contribution in [0.25, 0.3) is 23.2 Å². The van der Waals surface area contributed by atoms with Crippen LogP contribution in [0.1, 0.15) is 17.0 Å². The Labute approximate surface area is 174 Å². The molecule has 0 spiro atoms. The molecular formula is C17H9ClF6N6O. The highest BCUT2D eigenvalue weighted by Crippen LogP contribution is 2.35. The molecule has 2 N–H and O–H groups in total. The molecule has 0 unspecified atom stereocenters. The lowest BCUT2D eigenvalue weighted by molar-refractivity contribution is -0.150. The van der Waals surface area contributed by atoms with Gasteiger partial charge in [0.25, 0.3) is 5.91 Å². The number of primary amides is 1. The molecule has 0 saturated heterocycles. The number of halogens is 7. The first-order valence-corrected chi connectivity index (χ1v) is 8.44. The molecule has 7 nitrogen and oxygen atoms in total. The van der Waals surface area contributed by atoms with E-state index >= 15 is 0 Å². The minimum atomic E-state index is -5.13. The van der Waals surface area contributed by atoms with Crippen molar-refractivity contribution in [1.29, 1.82) is 0 Å². The molecule has 0 bridgehead atoms. The molecule has 3 aromatic rings. The summed E-state index contributed by atoms with van der Waals surface area (Å²) in [5.41, 5.74) is 1.37. The second-order valence-electron chi connectivity index (χ2n) is 5.95. The number of hydrogen-bond acceptors (Lipinski definition) is 5. The topological polar surface area (TPSA) is 99.6 Å². The van der Waals surface area contributed by atoms with E-state index in [2.05, 4.69) is 20.1 Å². The Morgan fingerprint density at radius 2 is 1.65 bits per heavy atom. The average Bonchev–Trinajstić information content (AvgIpc) is 3.14.